The SMILES string of the molecule is CNCCNCCCN(c1nc2cc(F)c(F)cc2[nH]1)[C@@H]1CC[C@]2(C3C=C(CN4CCCCC4)C=CC3)CC2C1. The third-order valence-electron chi connectivity index (χ3n) is 10.0. The van der Waals surface area contributed by atoms with Crippen molar-refractivity contribution in [1.29, 1.82) is 0 Å². The second-order valence-corrected chi connectivity index (χ2v) is 12.6. The van der Waals surface area contributed by atoms with Gasteiger partial charge in [-0.25, -0.2) is 13.8 Å². The minimum Gasteiger partial charge on any atom is -0.339 e. The van der Waals surface area contributed by atoms with Crippen LogP contribution in [-0.4, -0.2) is 73.8 Å². The fourth-order valence-corrected chi connectivity index (χ4v) is 7.76. The van der Waals surface area contributed by atoms with Gasteiger partial charge in [0.25, 0.3) is 0 Å². The molecule has 2 aromatic rings. The molecule has 2 heterocycles. The number of fused-ring (bicyclic) bond motifs is 2. The smallest absolute Gasteiger partial charge is 0.204 e. The first-order valence-electron chi connectivity index (χ1n) is 15.6. The number of imidazole rings is 1. The van der Waals surface area contributed by atoms with Crippen molar-refractivity contribution in [2.24, 2.45) is 17.3 Å². The zero-order valence-electron chi connectivity index (χ0n) is 24.0. The Morgan fingerprint density at radius 1 is 1.12 bits per heavy atom. The highest BCUT2D eigenvalue weighted by atomic mass is 19.2. The minimum atomic E-state index is -0.847. The van der Waals surface area contributed by atoms with Crippen molar-refractivity contribution < 1.29 is 8.78 Å². The lowest BCUT2D eigenvalue weighted by atomic mass is 9.73. The minimum absolute atomic E-state index is 0.393. The van der Waals surface area contributed by atoms with Crippen LogP contribution < -0.4 is 15.5 Å². The van der Waals surface area contributed by atoms with Crippen molar-refractivity contribution in [2.75, 3.05) is 57.8 Å². The van der Waals surface area contributed by atoms with Crippen LogP contribution in [-0.2, 0) is 0 Å². The molecule has 0 spiro atoms. The highest BCUT2D eigenvalue weighted by molar-refractivity contribution is 5.77. The molecule has 4 atom stereocenters. The summed E-state index contributed by atoms with van der Waals surface area (Å²) in [5.41, 5.74) is 3.02. The van der Waals surface area contributed by atoms with Gasteiger partial charge in [-0.2, -0.15) is 0 Å². The molecule has 218 valence electrons. The van der Waals surface area contributed by atoms with E-state index in [0.29, 0.717) is 28.4 Å². The number of hydrogen-bond donors (Lipinski definition) is 3. The molecule has 1 aliphatic heterocycles. The molecule has 0 amide bonds. The van der Waals surface area contributed by atoms with Gasteiger partial charge in [-0.3, -0.25) is 4.90 Å². The van der Waals surface area contributed by atoms with Crippen molar-refractivity contribution in [3.8, 4) is 0 Å². The lowest BCUT2D eigenvalue weighted by molar-refractivity contribution is 0.230. The lowest BCUT2D eigenvalue weighted by Gasteiger charge is -2.39. The number of benzene rings is 1. The molecule has 3 fully saturated rings. The Morgan fingerprint density at radius 3 is 2.80 bits per heavy atom. The predicted octanol–water partition coefficient (Wildman–Crippen LogP) is 5.39. The topological polar surface area (TPSA) is 59.2 Å². The maximum atomic E-state index is 13.9. The van der Waals surface area contributed by atoms with E-state index in [1.807, 2.05) is 7.05 Å². The molecule has 2 saturated carbocycles. The Hall–Kier alpha value is -2.29. The molecule has 3 N–H and O–H groups in total. The highest BCUT2D eigenvalue weighted by Crippen LogP contribution is 2.67. The zero-order valence-corrected chi connectivity index (χ0v) is 24.0. The molecule has 6 nitrogen and oxygen atoms in total. The van der Waals surface area contributed by atoms with Crippen molar-refractivity contribution in [2.45, 2.75) is 63.8 Å². The summed E-state index contributed by atoms with van der Waals surface area (Å²) in [5.74, 6) is 0.465. The van der Waals surface area contributed by atoms with E-state index in [4.69, 9.17) is 4.98 Å². The van der Waals surface area contributed by atoms with Crippen molar-refractivity contribution in [1.82, 2.24) is 25.5 Å². The quantitative estimate of drug-likeness (QED) is 0.308. The van der Waals surface area contributed by atoms with Gasteiger partial charge < -0.3 is 20.5 Å². The van der Waals surface area contributed by atoms with E-state index in [-0.39, 0.29) is 0 Å². The summed E-state index contributed by atoms with van der Waals surface area (Å²) < 4.78 is 27.9. The normalized spacial score (nSPS) is 28.5. The van der Waals surface area contributed by atoms with E-state index in [1.54, 1.807) is 0 Å². The summed E-state index contributed by atoms with van der Waals surface area (Å²) in [6.45, 7) is 7.28. The van der Waals surface area contributed by atoms with Crippen molar-refractivity contribution >= 4 is 17.0 Å². The second-order valence-electron chi connectivity index (χ2n) is 12.6. The zero-order chi connectivity index (χ0) is 27.5. The molecule has 4 aliphatic rings. The number of hydrogen-bond acceptors (Lipinski definition) is 5. The first-order chi connectivity index (χ1) is 19.6. The average Bonchev–Trinajstić information content (AvgIpc) is 3.58. The summed E-state index contributed by atoms with van der Waals surface area (Å²) in [7, 11) is 1.96. The Balaban J connectivity index is 1.13. The fraction of sp³-hybridized carbons (Fsp3) is 0.656. The first kappa shape index (κ1) is 27.9. The Kier molecular flexibility index (Phi) is 8.56. The van der Waals surface area contributed by atoms with Gasteiger partial charge in [-0.1, -0.05) is 24.6 Å². The maximum absolute atomic E-state index is 13.9. The number of H-pyrrole nitrogens is 1. The summed E-state index contributed by atoms with van der Waals surface area (Å²) in [6.07, 6.45) is 18.5. The second kappa shape index (κ2) is 12.3. The molecule has 0 radical (unpaired) electrons. The third-order valence-corrected chi connectivity index (χ3v) is 10.0. The lowest BCUT2D eigenvalue weighted by Crippen LogP contribution is -2.42. The van der Waals surface area contributed by atoms with Crippen LogP contribution in [0.25, 0.3) is 11.0 Å². The number of aromatic nitrogens is 2. The summed E-state index contributed by atoms with van der Waals surface area (Å²) >= 11 is 0. The molecule has 3 aliphatic carbocycles. The van der Waals surface area contributed by atoms with Gasteiger partial charge in [0.1, 0.15) is 0 Å². The number of likely N-dealkylation sites (tertiary alicyclic amines) is 1. The largest absolute Gasteiger partial charge is 0.339 e. The van der Waals surface area contributed by atoms with Crippen LogP contribution in [0.2, 0.25) is 0 Å². The van der Waals surface area contributed by atoms with E-state index in [9.17, 15) is 8.78 Å². The fourth-order valence-electron chi connectivity index (χ4n) is 7.76. The van der Waals surface area contributed by atoms with Crippen LogP contribution in [0.4, 0.5) is 14.7 Å². The first-order valence-corrected chi connectivity index (χ1v) is 15.6. The van der Waals surface area contributed by atoms with Crippen molar-refractivity contribution in [3.05, 3.63) is 47.6 Å². The summed E-state index contributed by atoms with van der Waals surface area (Å²) in [6, 6.07) is 2.83. The molecular weight excluding hydrogens is 506 g/mol. The monoisotopic (exact) mass is 552 g/mol. The van der Waals surface area contributed by atoms with Crippen LogP contribution in [0.5, 0.6) is 0 Å². The van der Waals surface area contributed by atoms with Crippen LogP contribution >= 0.6 is 0 Å². The van der Waals surface area contributed by atoms with Crippen LogP contribution in [0, 0.1) is 28.9 Å². The van der Waals surface area contributed by atoms with E-state index >= 15 is 0 Å². The van der Waals surface area contributed by atoms with Crippen LogP contribution in [0.15, 0.2) is 35.9 Å². The summed E-state index contributed by atoms with van der Waals surface area (Å²) in [5, 5.41) is 6.67. The number of anilines is 1. The molecule has 40 heavy (non-hydrogen) atoms. The molecule has 1 aromatic carbocycles. The van der Waals surface area contributed by atoms with Gasteiger partial charge in [0, 0.05) is 44.4 Å². The average molecular weight is 553 g/mol. The van der Waals surface area contributed by atoms with E-state index < -0.39 is 11.6 Å². The molecule has 1 aromatic heterocycles. The predicted molar refractivity (Wildman–Crippen MR) is 159 cm³/mol. The number of piperidine rings is 1. The Labute approximate surface area is 237 Å². The third kappa shape index (κ3) is 6.00. The van der Waals surface area contributed by atoms with Gasteiger partial charge in [0.2, 0.25) is 5.95 Å². The van der Waals surface area contributed by atoms with E-state index in [2.05, 4.69) is 43.6 Å². The number of nitrogens with one attached hydrogen (secondary N) is 3. The molecule has 6 rings (SSSR count). The van der Waals surface area contributed by atoms with Gasteiger partial charge in [0.15, 0.2) is 11.6 Å². The van der Waals surface area contributed by atoms with Gasteiger partial charge in [0.05, 0.1) is 11.0 Å². The summed E-state index contributed by atoms with van der Waals surface area (Å²) in [4.78, 5) is 13.1. The maximum Gasteiger partial charge on any atom is 0.204 e. The Bertz CT molecular complexity index is 1180. The number of allylic oxidation sites excluding steroid dienone is 2. The van der Waals surface area contributed by atoms with Gasteiger partial charge in [-0.15, -0.1) is 0 Å². The van der Waals surface area contributed by atoms with Crippen molar-refractivity contribution in [3.63, 3.8) is 0 Å². The van der Waals surface area contributed by atoms with Crippen LogP contribution in [0.1, 0.15) is 57.8 Å². The number of aromatic amines is 1. The molecular formula is C32H46F2N6. The van der Waals surface area contributed by atoms with Crippen LogP contribution in [0.3, 0.4) is 0 Å². The highest BCUT2D eigenvalue weighted by Gasteiger charge is 2.60. The van der Waals surface area contributed by atoms with E-state index in [0.717, 1.165) is 57.4 Å². The van der Waals surface area contributed by atoms with Gasteiger partial charge >= 0.3 is 0 Å². The number of nitrogens with zero attached hydrogens (tertiary/aromatic N) is 3. The standard InChI is InChI=1S/C32H46F2N6/c1-35-12-13-36-11-6-16-40(31-37-29-19-27(33)28(34)20-30(29)38-31)26-9-10-32(21-25(32)18-26)24-8-5-7-23(17-24)22-39-14-3-2-4-15-39/h5,7,17,19-20,24-26,35-36H,2-4,6,8-16,18,21-22H2,1H3,(H,37,38)/t24?,25?,26-,32-/m1/s1. The number of rotatable bonds is 12. The Morgan fingerprint density at radius 2 is 1.98 bits per heavy atom. The van der Waals surface area contributed by atoms with Gasteiger partial charge in [-0.05, 0) is 101 Å². The number of likely N-dealkylation sites (N-methyl/N-ethyl adjacent to an activating group) is 1. The van der Waals surface area contributed by atoms with E-state index in [1.165, 1.54) is 75.7 Å². The molecule has 8 heteroatoms. The molecule has 1 saturated heterocycles. The molecule has 0 bridgehead atoms. The number of halogens is 2. The molecule has 2 unspecified atom stereocenters.